The van der Waals surface area contributed by atoms with Gasteiger partial charge in [-0.2, -0.15) is 0 Å². The number of anilines is 1. The number of fused-ring (bicyclic) bond motifs is 2. The predicted molar refractivity (Wildman–Crippen MR) is 90.1 cm³/mol. The second-order valence-electron chi connectivity index (χ2n) is 7.00. The quantitative estimate of drug-likeness (QED) is 0.795. The summed E-state index contributed by atoms with van der Waals surface area (Å²) < 4.78 is 12.3. The number of ketones is 1. The lowest BCUT2D eigenvalue weighted by Gasteiger charge is -2.37. The number of hydrogen-bond acceptors (Lipinski definition) is 5. The minimum absolute atomic E-state index is 0.00392. The van der Waals surface area contributed by atoms with Gasteiger partial charge in [0.05, 0.1) is 5.56 Å². The fraction of sp³-hybridized carbons (Fsp3) is 0.706. The van der Waals surface area contributed by atoms with Crippen LogP contribution in [0.5, 0.6) is 0 Å². The fourth-order valence-corrected chi connectivity index (χ4v) is 6.40. The first kappa shape index (κ1) is 15.2. The molecule has 0 saturated carbocycles. The van der Waals surface area contributed by atoms with Crippen LogP contribution >= 0.6 is 0 Å². The summed E-state index contributed by atoms with van der Waals surface area (Å²) in [5.74, 6) is 0.886. The highest BCUT2D eigenvalue weighted by Gasteiger charge is 2.40. The van der Waals surface area contributed by atoms with E-state index < -0.39 is 10.8 Å². The van der Waals surface area contributed by atoms with Crippen molar-refractivity contribution in [1.29, 1.82) is 0 Å². The molecule has 0 spiro atoms. The van der Waals surface area contributed by atoms with Crippen LogP contribution < -0.4 is 4.90 Å². The minimum atomic E-state index is -0.725. The number of hydrogen-bond donors (Lipinski definition) is 0. The van der Waals surface area contributed by atoms with E-state index >= 15 is 0 Å². The molecule has 3 saturated heterocycles. The molecule has 1 aromatic heterocycles. The molecule has 2 unspecified atom stereocenters. The van der Waals surface area contributed by atoms with Crippen LogP contribution in [0.4, 0.5) is 5.95 Å². The monoisotopic (exact) mass is 333 g/mol. The molecule has 0 amide bonds. The molecular formula is C17H23N3O2S. The Morgan fingerprint density at radius 2 is 1.65 bits per heavy atom. The summed E-state index contributed by atoms with van der Waals surface area (Å²) in [7, 11) is -0.725. The molecular weight excluding hydrogens is 310 g/mol. The van der Waals surface area contributed by atoms with Gasteiger partial charge in [0, 0.05) is 52.7 Å². The third kappa shape index (κ3) is 2.93. The van der Waals surface area contributed by atoms with Crippen molar-refractivity contribution < 1.29 is 9.00 Å². The molecule has 0 aliphatic carbocycles. The van der Waals surface area contributed by atoms with Gasteiger partial charge in [0.25, 0.3) is 0 Å². The van der Waals surface area contributed by atoms with Crippen LogP contribution in [-0.4, -0.2) is 43.5 Å². The molecule has 23 heavy (non-hydrogen) atoms. The molecule has 0 aromatic carbocycles. The van der Waals surface area contributed by atoms with Crippen molar-refractivity contribution >= 4 is 22.5 Å². The van der Waals surface area contributed by atoms with Crippen LogP contribution in [0.2, 0.25) is 0 Å². The summed E-state index contributed by atoms with van der Waals surface area (Å²) in [6, 6.07) is 0. The van der Waals surface area contributed by atoms with Crippen molar-refractivity contribution in [3.8, 4) is 0 Å². The van der Waals surface area contributed by atoms with E-state index in [1.165, 1.54) is 12.8 Å². The van der Waals surface area contributed by atoms with Crippen LogP contribution in [0.25, 0.3) is 0 Å². The summed E-state index contributed by atoms with van der Waals surface area (Å²) in [5.41, 5.74) is 0.615. The van der Waals surface area contributed by atoms with Crippen molar-refractivity contribution in [3.63, 3.8) is 0 Å². The third-order valence-corrected chi connectivity index (χ3v) is 7.66. The Bertz CT molecular complexity index is 597. The van der Waals surface area contributed by atoms with E-state index in [4.69, 9.17) is 0 Å². The molecule has 6 heteroatoms. The molecule has 0 radical (unpaired) electrons. The lowest BCUT2D eigenvalue weighted by molar-refractivity contribution is 0.0894. The minimum Gasteiger partial charge on any atom is -0.341 e. The maximum absolute atomic E-state index is 12.8. The largest absolute Gasteiger partial charge is 0.341 e. The summed E-state index contributed by atoms with van der Waals surface area (Å²) >= 11 is 0. The van der Waals surface area contributed by atoms with Crippen LogP contribution in [0, 0.1) is 5.92 Å². The van der Waals surface area contributed by atoms with Crippen LogP contribution in [-0.2, 0) is 10.8 Å². The van der Waals surface area contributed by atoms with Crippen molar-refractivity contribution in [2.24, 2.45) is 5.92 Å². The van der Waals surface area contributed by atoms with E-state index in [2.05, 4.69) is 14.9 Å². The summed E-state index contributed by atoms with van der Waals surface area (Å²) in [5, 5.41) is 0.447. The molecule has 2 atom stereocenters. The number of carbonyl (C=O) groups is 1. The van der Waals surface area contributed by atoms with Crippen molar-refractivity contribution in [2.45, 2.75) is 55.4 Å². The number of nitrogens with zero attached hydrogens (tertiary/aromatic N) is 3. The highest BCUT2D eigenvalue weighted by atomic mass is 32.2. The maximum atomic E-state index is 12.8. The zero-order valence-electron chi connectivity index (χ0n) is 13.3. The smallest absolute Gasteiger partial charge is 0.225 e. The molecule has 1 aromatic rings. The highest BCUT2D eigenvalue weighted by molar-refractivity contribution is 7.86. The van der Waals surface area contributed by atoms with Gasteiger partial charge in [-0.05, 0) is 38.5 Å². The second-order valence-corrected chi connectivity index (χ2v) is 8.99. The van der Waals surface area contributed by atoms with E-state index in [9.17, 15) is 9.00 Å². The van der Waals surface area contributed by atoms with Gasteiger partial charge in [0.2, 0.25) is 5.95 Å². The molecule has 3 fully saturated rings. The second kappa shape index (κ2) is 6.30. The molecule has 4 heterocycles. The normalized spacial score (nSPS) is 33.7. The van der Waals surface area contributed by atoms with Crippen LogP contribution in [0.1, 0.15) is 55.3 Å². The van der Waals surface area contributed by atoms with E-state index in [0.29, 0.717) is 5.56 Å². The molecule has 0 N–H and O–H groups in total. The molecule has 2 bridgehead atoms. The van der Waals surface area contributed by atoms with Gasteiger partial charge in [0.15, 0.2) is 5.78 Å². The molecule has 3 aliphatic heterocycles. The lowest BCUT2D eigenvalue weighted by atomic mass is 9.85. The van der Waals surface area contributed by atoms with E-state index in [1.807, 2.05) is 0 Å². The van der Waals surface area contributed by atoms with Crippen molar-refractivity contribution in [1.82, 2.24) is 9.97 Å². The average Bonchev–Trinajstić information content (AvgIpc) is 3.08. The van der Waals surface area contributed by atoms with E-state index in [1.54, 1.807) is 12.4 Å². The Morgan fingerprint density at radius 3 is 2.26 bits per heavy atom. The Hall–Kier alpha value is -1.30. The Balaban J connectivity index is 1.47. The summed E-state index contributed by atoms with van der Waals surface area (Å²) in [4.78, 5) is 23.7. The lowest BCUT2D eigenvalue weighted by Crippen LogP contribution is -2.41. The zero-order valence-corrected chi connectivity index (χ0v) is 14.1. The molecule has 4 rings (SSSR count). The van der Waals surface area contributed by atoms with Crippen LogP contribution in [0.15, 0.2) is 12.4 Å². The number of Topliss-reactive ketones (excluding diaryl/α,β-unsaturated/α-hetero) is 1. The van der Waals surface area contributed by atoms with E-state index in [-0.39, 0.29) is 22.2 Å². The predicted octanol–water partition coefficient (Wildman–Crippen LogP) is 2.34. The van der Waals surface area contributed by atoms with Crippen LogP contribution in [0.3, 0.4) is 0 Å². The summed E-state index contributed by atoms with van der Waals surface area (Å²) in [6.07, 6.45) is 10.5. The molecule has 124 valence electrons. The number of carbonyl (C=O) groups excluding carboxylic acids is 1. The Morgan fingerprint density at radius 1 is 1.04 bits per heavy atom. The summed E-state index contributed by atoms with van der Waals surface area (Å²) in [6.45, 7) is 2.01. The van der Waals surface area contributed by atoms with Gasteiger partial charge in [-0.3, -0.25) is 9.00 Å². The van der Waals surface area contributed by atoms with Gasteiger partial charge in [0.1, 0.15) is 0 Å². The number of rotatable bonds is 3. The Kier molecular flexibility index (Phi) is 4.18. The molecule has 3 aliphatic rings. The van der Waals surface area contributed by atoms with Gasteiger partial charge in [-0.1, -0.05) is 6.42 Å². The highest BCUT2D eigenvalue weighted by Crippen LogP contribution is 2.38. The van der Waals surface area contributed by atoms with Crippen molar-refractivity contribution in [3.05, 3.63) is 18.0 Å². The molecule has 5 nitrogen and oxygen atoms in total. The first-order chi connectivity index (χ1) is 11.2. The maximum Gasteiger partial charge on any atom is 0.225 e. The van der Waals surface area contributed by atoms with Gasteiger partial charge >= 0.3 is 0 Å². The van der Waals surface area contributed by atoms with Crippen molar-refractivity contribution in [2.75, 3.05) is 18.0 Å². The standard InChI is InChI=1S/C17H23N3O2S/c21-16(12-8-14-4-3-5-15(9-12)23(14)22)13-10-18-17(19-11-13)20-6-1-2-7-20/h10-12,14-15H,1-9H2. The fourth-order valence-electron chi connectivity index (χ4n) is 4.21. The van der Waals surface area contributed by atoms with Gasteiger partial charge in [-0.15, -0.1) is 0 Å². The zero-order chi connectivity index (χ0) is 15.8. The van der Waals surface area contributed by atoms with Gasteiger partial charge in [-0.25, -0.2) is 9.97 Å². The third-order valence-electron chi connectivity index (χ3n) is 5.49. The first-order valence-corrected chi connectivity index (χ1v) is 10.0. The average molecular weight is 333 g/mol. The SMILES string of the molecule is O=C(c1cnc(N2CCCC2)nc1)C1CC2CCCC(C1)S2=O. The van der Waals surface area contributed by atoms with E-state index in [0.717, 1.165) is 51.1 Å². The van der Waals surface area contributed by atoms with Gasteiger partial charge < -0.3 is 4.90 Å². The topological polar surface area (TPSA) is 63.2 Å². The first-order valence-electron chi connectivity index (χ1n) is 8.73. The number of aromatic nitrogens is 2. The Labute approximate surface area is 139 Å².